The number of nitrogens with zero attached hydrogens (tertiary/aromatic N) is 3. The Bertz CT molecular complexity index is 1090. The first-order valence-corrected chi connectivity index (χ1v) is 8.30. The number of aromatic nitrogens is 3. The van der Waals surface area contributed by atoms with E-state index in [4.69, 9.17) is 0 Å². The fraction of sp³-hybridized carbons (Fsp3) is 0.150. The molecule has 1 amide bonds. The summed E-state index contributed by atoms with van der Waals surface area (Å²) in [5.74, 6) is -0.173. The molecule has 1 N–H and O–H groups in total. The number of aryl methyl sites for hydroxylation is 2. The normalized spacial score (nSPS) is 11.1. The molecule has 0 atom stereocenters. The van der Waals surface area contributed by atoms with Crippen molar-refractivity contribution in [1.29, 1.82) is 0 Å². The standard InChI is InChI=1S/C20H18N4O/c1-3-15-19(24-12-13(2)9-10-17(24)22-15)20(25)23-16-8-4-6-14-7-5-11-21-18(14)16/h4-12H,3H2,1-2H3,(H,23,25). The van der Waals surface area contributed by atoms with Gasteiger partial charge in [0.05, 0.1) is 16.9 Å². The molecule has 0 aliphatic heterocycles. The number of carbonyl (C=O) groups is 1. The van der Waals surface area contributed by atoms with Crippen LogP contribution in [-0.2, 0) is 6.42 Å². The molecule has 4 rings (SSSR count). The third-order valence-corrected chi connectivity index (χ3v) is 4.27. The van der Waals surface area contributed by atoms with Crippen LogP contribution in [0.15, 0.2) is 54.9 Å². The minimum atomic E-state index is -0.173. The Kier molecular flexibility index (Phi) is 3.69. The van der Waals surface area contributed by atoms with Crippen molar-refractivity contribution in [1.82, 2.24) is 14.4 Å². The zero-order chi connectivity index (χ0) is 17.4. The number of benzene rings is 1. The Labute approximate surface area is 145 Å². The van der Waals surface area contributed by atoms with E-state index in [1.54, 1.807) is 6.20 Å². The number of hydrogen-bond acceptors (Lipinski definition) is 3. The minimum Gasteiger partial charge on any atom is -0.319 e. The summed E-state index contributed by atoms with van der Waals surface area (Å²) in [5, 5.41) is 4.00. The highest BCUT2D eigenvalue weighted by Crippen LogP contribution is 2.22. The van der Waals surface area contributed by atoms with Crippen molar-refractivity contribution >= 4 is 28.1 Å². The Balaban J connectivity index is 1.81. The lowest BCUT2D eigenvalue weighted by molar-refractivity contribution is 0.102. The highest BCUT2D eigenvalue weighted by Gasteiger charge is 2.19. The minimum absolute atomic E-state index is 0.173. The molecule has 5 heteroatoms. The van der Waals surface area contributed by atoms with E-state index in [-0.39, 0.29) is 5.91 Å². The van der Waals surface area contributed by atoms with E-state index < -0.39 is 0 Å². The summed E-state index contributed by atoms with van der Waals surface area (Å²) in [4.78, 5) is 22.0. The number of rotatable bonds is 3. The van der Waals surface area contributed by atoms with Crippen LogP contribution in [0.25, 0.3) is 16.6 Å². The zero-order valence-corrected chi connectivity index (χ0v) is 14.2. The van der Waals surface area contributed by atoms with Gasteiger partial charge in [-0.2, -0.15) is 0 Å². The Morgan fingerprint density at radius 3 is 2.84 bits per heavy atom. The molecule has 25 heavy (non-hydrogen) atoms. The largest absolute Gasteiger partial charge is 0.319 e. The number of hydrogen-bond donors (Lipinski definition) is 1. The van der Waals surface area contributed by atoms with E-state index in [9.17, 15) is 4.79 Å². The van der Waals surface area contributed by atoms with E-state index in [1.807, 2.05) is 66.9 Å². The monoisotopic (exact) mass is 330 g/mol. The lowest BCUT2D eigenvalue weighted by Gasteiger charge is -2.09. The number of anilines is 1. The van der Waals surface area contributed by atoms with Crippen molar-refractivity contribution in [2.45, 2.75) is 20.3 Å². The lowest BCUT2D eigenvalue weighted by atomic mass is 10.2. The quantitative estimate of drug-likeness (QED) is 0.617. The van der Waals surface area contributed by atoms with E-state index >= 15 is 0 Å². The van der Waals surface area contributed by atoms with Gasteiger partial charge in [-0.25, -0.2) is 4.98 Å². The van der Waals surface area contributed by atoms with Gasteiger partial charge in [0.1, 0.15) is 11.3 Å². The summed E-state index contributed by atoms with van der Waals surface area (Å²) in [7, 11) is 0. The Morgan fingerprint density at radius 1 is 1.16 bits per heavy atom. The number of imidazole rings is 1. The SMILES string of the molecule is CCc1nc2ccc(C)cn2c1C(=O)Nc1cccc2cccnc12. The summed E-state index contributed by atoms with van der Waals surface area (Å²) < 4.78 is 1.86. The lowest BCUT2D eigenvalue weighted by Crippen LogP contribution is -2.16. The molecule has 0 bridgehead atoms. The van der Waals surface area contributed by atoms with Crippen LogP contribution in [0.4, 0.5) is 5.69 Å². The predicted molar refractivity (Wildman–Crippen MR) is 99.0 cm³/mol. The maximum absolute atomic E-state index is 13.0. The highest BCUT2D eigenvalue weighted by molar-refractivity contribution is 6.08. The smallest absolute Gasteiger partial charge is 0.274 e. The van der Waals surface area contributed by atoms with Crippen LogP contribution < -0.4 is 5.32 Å². The molecule has 0 fully saturated rings. The average molecular weight is 330 g/mol. The molecular formula is C20H18N4O. The van der Waals surface area contributed by atoms with Gasteiger partial charge in [0.2, 0.25) is 0 Å². The number of amides is 1. The van der Waals surface area contributed by atoms with Gasteiger partial charge in [-0.3, -0.25) is 14.2 Å². The van der Waals surface area contributed by atoms with Crippen LogP contribution in [-0.4, -0.2) is 20.3 Å². The topological polar surface area (TPSA) is 59.3 Å². The second kappa shape index (κ2) is 6.02. The maximum Gasteiger partial charge on any atom is 0.274 e. The van der Waals surface area contributed by atoms with Crippen LogP contribution in [0.2, 0.25) is 0 Å². The average Bonchev–Trinajstić information content (AvgIpc) is 3.00. The van der Waals surface area contributed by atoms with Crippen LogP contribution in [0.1, 0.15) is 28.7 Å². The van der Waals surface area contributed by atoms with Crippen LogP contribution in [0, 0.1) is 6.92 Å². The molecule has 0 spiro atoms. The molecule has 0 saturated heterocycles. The predicted octanol–water partition coefficient (Wildman–Crippen LogP) is 4.01. The molecule has 4 aromatic rings. The molecule has 0 radical (unpaired) electrons. The molecular weight excluding hydrogens is 312 g/mol. The fourth-order valence-electron chi connectivity index (χ4n) is 3.07. The molecule has 0 aliphatic rings. The van der Waals surface area contributed by atoms with Gasteiger partial charge in [-0.15, -0.1) is 0 Å². The first kappa shape index (κ1) is 15.3. The number of fused-ring (bicyclic) bond motifs is 2. The third kappa shape index (κ3) is 2.63. The summed E-state index contributed by atoms with van der Waals surface area (Å²) >= 11 is 0. The molecule has 1 aromatic carbocycles. The van der Waals surface area contributed by atoms with Crippen LogP contribution in [0.3, 0.4) is 0 Å². The number of pyridine rings is 2. The molecule has 3 aromatic heterocycles. The van der Waals surface area contributed by atoms with Crippen molar-refractivity contribution in [2.24, 2.45) is 0 Å². The summed E-state index contributed by atoms with van der Waals surface area (Å²) in [6.45, 7) is 4.01. The number of para-hydroxylation sites is 1. The third-order valence-electron chi connectivity index (χ3n) is 4.27. The molecule has 124 valence electrons. The zero-order valence-electron chi connectivity index (χ0n) is 14.2. The number of nitrogens with one attached hydrogen (secondary N) is 1. The second-order valence-corrected chi connectivity index (χ2v) is 6.03. The van der Waals surface area contributed by atoms with Gasteiger partial charge in [-0.05, 0) is 37.1 Å². The van der Waals surface area contributed by atoms with Gasteiger partial charge >= 0.3 is 0 Å². The van der Waals surface area contributed by atoms with E-state index in [1.165, 1.54) is 0 Å². The van der Waals surface area contributed by atoms with E-state index in [0.29, 0.717) is 17.8 Å². The number of carbonyl (C=O) groups excluding carboxylic acids is 1. The first-order chi connectivity index (χ1) is 12.2. The molecule has 0 unspecified atom stereocenters. The van der Waals surface area contributed by atoms with Gasteiger partial charge < -0.3 is 5.32 Å². The summed E-state index contributed by atoms with van der Waals surface area (Å²) in [5.41, 5.74) is 4.71. The Morgan fingerprint density at radius 2 is 2.00 bits per heavy atom. The van der Waals surface area contributed by atoms with Crippen LogP contribution in [0.5, 0.6) is 0 Å². The second-order valence-electron chi connectivity index (χ2n) is 6.03. The van der Waals surface area contributed by atoms with Crippen LogP contribution >= 0.6 is 0 Å². The van der Waals surface area contributed by atoms with E-state index in [0.717, 1.165) is 27.8 Å². The van der Waals surface area contributed by atoms with Crippen molar-refractivity contribution < 1.29 is 4.79 Å². The van der Waals surface area contributed by atoms with E-state index in [2.05, 4.69) is 15.3 Å². The molecule has 0 aliphatic carbocycles. The van der Waals surface area contributed by atoms with Gasteiger partial charge in [0, 0.05) is 17.8 Å². The van der Waals surface area contributed by atoms with Crippen molar-refractivity contribution in [3.05, 3.63) is 71.8 Å². The first-order valence-electron chi connectivity index (χ1n) is 8.30. The molecule has 0 saturated carbocycles. The fourth-order valence-corrected chi connectivity index (χ4v) is 3.07. The highest BCUT2D eigenvalue weighted by atomic mass is 16.2. The van der Waals surface area contributed by atoms with Gasteiger partial charge in [0.25, 0.3) is 5.91 Å². The Hall–Kier alpha value is -3.21. The van der Waals surface area contributed by atoms with Gasteiger partial charge in [-0.1, -0.05) is 31.2 Å². The van der Waals surface area contributed by atoms with Gasteiger partial charge in [0.15, 0.2) is 0 Å². The maximum atomic E-state index is 13.0. The van der Waals surface area contributed by atoms with Crippen molar-refractivity contribution in [2.75, 3.05) is 5.32 Å². The van der Waals surface area contributed by atoms with Crippen molar-refractivity contribution in [3.63, 3.8) is 0 Å². The summed E-state index contributed by atoms with van der Waals surface area (Å²) in [6, 6.07) is 13.6. The molecule has 3 heterocycles. The summed E-state index contributed by atoms with van der Waals surface area (Å²) in [6.07, 6.45) is 4.36. The molecule has 5 nitrogen and oxygen atoms in total. The van der Waals surface area contributed by atoms with Crippen molar-refractivity contribution in [3.8, 4) is 0 Å².